The van der Waals surface area contributed by atoms with Crippen LogP contribution in [0.5, 0.6) is 5.75 Å². The third-order valence-electron chi connectivity index (χ3n) is 7.20. The number of ether oxygens (including phenoxy) is 1. The summed E-state index contributed by atoms with van der Waals surface area (Å²) in [7, 11) is 1.49. The molecule has 3 heterocycles. The molecule has 8 heteroatoms. The zero-order valence-electron chi connectivity index (χ0n) is 20.7. The molecule has 2 aliphatic heterocycles. The number of aliphatic hydroxyl groups is 1. The van der Waals surface area contributed by atoms with E-state index in [0.29, 0.717) is 22.4 Å². The van der Waals surface area contributed by atoms with Gasteiger partial charge in [0.1, 0.15) is 5.82 Å². The van der Waals surface area contributed by atoms with Crippen molar-refractivity contribution in [3.05, 3.63) is 101 Å². The minimum absolute atomic E-state index is 0.0885. The maximum Gasteiger partial charge on any atom is 0.294 e. The maximum absolute atomic E-state index is 15.2. The van der Waals surface area contributed by atoms with Crippen LogP contribution in [0.1, 0.15) is 35.0 Å². The number of aliphatic hydroxyl groups excluding tert-OH is 1. The number of nitrogens with zero attached hydrogens (tertiary/aromatic N) is 2. The van der Waals surface area contributed by atoms with Crippen molar-refractivity contribution in [1.82, 2.24) is 0 Å². The summed E-state index contributed by atoms with van der Waals surface area (Å²) >= 11 is 0. The summed E-state index contributed by atoms with van der Waals surface area (Å²) in [5, 5.41) is 11.6. The van der Waals surface area contributed by atoms with Gasteiger partial charge >= 0.3 is 0 Å². The Hall–Kier alpha value is -4.59. The molecule has 1 unspecified atom stereocenters. The fourth-order valence-corrected chi connectivity index (χ4v) is 5.34. The molecule has 2 aliphatic rings. The van der Waals surface area contributed by atoms with Crippen LogP contribution in [0, 0.1) is 5.82 Å². The Balaban J connectivity index is 1.45. The molecule has 3 aromatic carbocycles. The number of rotatable bonds is 6. The summed E-state index contributed by atoms with van der Waals surface area (Å²) < 4.78 is 26.3. The molecule has 0 saturated carbocycles. The van der Waals surface area contributed by atoms with E-state index in [2.05, 4.69) is 4.90 Å². The lowest BCUT2D eigenvalue weighted by atomic mass is 9.94. The minimum Gasteiger partial charge on any atom is -0.503 e. The van der Waals surface area contributed by atoms with E-state index in [1.807, 2.05) is 12.1 Å². The quantitative estimate of drug-likeness (QED) is 0.321. The van der Waals surface area contributed by atoms with Crippen LogP contribution in [0.3, 0.4) is 0 Å². The first-order valence-electron chi connectivity index (χ1n) is 12.5. The lowest BCUT2D eigenvalue weighted by Crippen LogP contribution is -2.31. The van der Waals surface area contributed by atoms with Gasteiger partial charge < -0.3 is 19.2 Å². The van der Waals surface area contributed by atoms with Gasteiger partial charge in [-0.2, -0.15) is 0 Å². The number of para-hydroxylation sites is 1. The SMILES string of the molecule is COc1cccc2cc(C(=O)C3=C(O)C(=O)N(c4ccc(N5CCCC5)cc4)C3c3ccccc3F)oc12. The monoisotopic (exact) mass is 512 g/mol. The van der Waals surface area contributed by atoms with E-state index in [1.54, 1.807) is 36.4 Å². The van der Waals surface area contributed by atoms with Crippen LogP contribution in [0.15, 0.2) is 88.5 Å². The number of halogens is 1. The van der Waals surface area contributed by atoms with Gasteiger partial charge in [0.05, 0.1) is 18.7 Å². The number of hydrogen-bond donors (Lipinski definition) is 1. The van der Waals surface area contributed by atoms with Gasteiger partial charge in [-0.05, 0) is 55.3 Å². The molecule has 38 heavy (non-hydrogen) atoms. The third kappa shape index (κ3) is 3.80. The van der Waals surface area contributed by atoms with Gasteiger partial charge in [-0.25, -0.2) is 4.39 Å². The predicted octanol–water partition coefficient (Wildman–Crippen LogP) is 5.96. The highest BCUT2D eigenvalue weighted by Gasteiger charge is 2.46. The third-order valence-corrected chi connectivity index (χ3v) is 7.20. The standard InChI is InChI=1S/C30H25FN2O5/c1-37-23-10-6-7-18-17-24(38-29(18)23)27(34)25-26(21-8-2-3-9-22(21)31)33(30(36)28(25)35)20-13-11-19(12-14-20)32-15-4-5-16-32/h2-3,6-14,17,26,35H,4-5,15-16H2,1H3. The normalized spacial score (nSPS) is 17.6. The van der Waals surface area contributed by atoms with E-state index in [1.165, 1.54) is 36.3 Å². The van der Waals surface area contributed by atoms with Gasteiger partial charge in [0.25, 0.3) is 5.91 Å². The average Bonchev–Trinajstić information content (AvgIpc) is 3.68. The van der Waals surface area contributed by atoms with E-state index in [-0.39, 0.29) is 16.9 Å². The van der Waals surface area contributed by atoms with Crippen molar-refractivity contribution in [2.45, 2.75) is 18.9 Å². The minimum atomic E-state index is -1.19. The van der Waals surface area contributed by atoms with Crippen LogP contribution in [-0.2, 0) is 4.79 Å². The molecule has 192 valence electrons. The first-order valence-corrected chi connectivity index (χ1v) is 12.5. The number of carbonyl (C=O) groups is 2. The number of fused-ring (bicyclic) bond motifs is 1. The van der Waals surface area contributed by atoms with Gasteiger partial charge in [-0.3, -0.25) is 14.5 Å². The Morgan fingerprint density at radius 1 is 1.00 bits per heavy atom. The summed E-state index contributed by atoms with van der Waals surface area (Å²) in [4.78, 5) is 30.8. The lowest BCUT2D eigenvalue weighted by Gasteiger charge is -2.27. The van der Waals surface area contributed by atoms with E-state index in [0.717, 1.165) is 31.6 Å². The van der Waals surface area contributed by atoms with Crippen molar-refractivity contribution < 1.29 is 28.2 Å². The van der Waals surface area contributed by atoms with Gasteiger partial charge in [0.2, 0.25) is 5.78 Å². The number of anilines is 2. The zero-order chi connectivity index (χ0) is 26.4. The van der Waals surface area contributed by atoms with Crippen LogP contribution < -0.4 is 14.5 Å². The average molecular weight is 513 g/mol. The second kappa shape index (κ2) is 9.37. The highest BCUT2D eigenvalue weighted by molar-refractivity contribution is 6.20. The van der Waals surface area contributed by atoms with Crippen LogP contribution in [-0.4, -0.2) is 37.0 Å². The van der Waals surface area contributed by atoms with E-state index < -0.39 is 29.3 Å². The predicted molar refractivity (Wildman–Crippen MR) is 141 cm³/mol. The largest absolute Gasteiger partial charge is 0.503 e. The molecular weight excluding hydrogens is 487 g/mol. The Bertz CT molecular complexity index is 1580. The van der Waals surface area contributed by atoms with Crippen molar-refractivity contribution in [3.8, 4) is 5.75 Å². The van der Waals surface area contributed by atoms with Crippen molar-refractivity contribution >= 4 is 34.0 Å². The fraction of sp³-hybridized carbons (Fsp3) is 0.200. The molecular formula is C30H25FN2O5. The number of carbonyl (C=O) groups excluding carboxylic acids is 2. The molecule has 7 nitrogen and oxygen atoms in total. The molecule has 1 amide bonds. The summed E-state index contributed by atoms with van der Waals surface area (Å²) in [5.74, 6) is -2.49. The maximum atomic E-state index is 15.2. The molecule has 1 saturated heterocycles. The number of ketones is 1. The molecule has 1 atom stereocenters. The molecule has 0 radical (unpaired) electrons. The molecule has 4 aromatic rings. The van der Waals surface area contributed by atoms with Crippen molar-refractivity contribution in [2.75, 3.05) is 30.0 Å². The summed E-state index contributed by atoms with van der Waals surface area (Å²) in [5.41, 5.74) is 1.66. The molecule has 0 aliphatic carbocycles. The molecule has 6 rings (SSSR count). The Kier molecular flexibility index (Phi) is 5.87. The number of amides is 1. The van der Waals surface area contributed by atoms with Gasteiger partial charge in [-0.15, -0.1) is 0 Å². The van der Waals surface area contributed by atoms with Crippen molar-refractivity contribution in [2.24, 2.45) is 0 Å². The van der Waals surface area contributed by atoms with Gasteiger partial charge in [-0.1, -0.05) is 30.3 Å². The van der Waals surface area contributed by atoms with Crippen LogP contribution in [0.4, 0.5) is 15.8 Å². The Morgan fingerprint density at radius 2 is 1.71 bits per heavy atom. The number of furan rings is 1. The topological polar surface area (TPSA) is 83.2 Å². The number of Topliss-reactive ketones (excluding diaryl/α,β-unsaturated/α-hetero) is 1. The van der Waals surface area contributed by atoms with E-state index >= 15 is 4.39 Å². The molecule has 1 N–H and O–H groups in total. The Labute approximate surface area is 218 Å². The highest BCUT2D eigenvalue weighted by Crippen LogP contribution is 2.43. The summed E-state index contributed by atoms with van der Waals surface area (Å²) in [6.07, 6.45) is 2.25. The first kappa shape index (κ1) is 23.8. The van der Waals surface area contributed by atoms with Crippen LogP contribution in [0.25, 0.3) is 11.0 Å². The highest BCUT2D eigenvalue weighted by atomic mass is 19.1. The van der Waals surface area contributed by atoms with Gasteiger partial charge in [0, 0.05) is 35.4 Å². The van der Waals surface area contributed by atoms with Gasteiger partial charge in [0.15, 0.2) is 22.9 Å². The second-order valence-electron chi connectivity index (χ2n) is 9.39. The summed E-state index contributed by atoms with van der Waals surface area (Å²) in [6, 6.07) is 18.8. The van der Waals surface area contributed by atoms with Crippen molar-refractivity contribution in [3.63, 3.8) is 0 Å². The Morgan fingerprint density at radius 3 is 2.42 bits per heavy atom. The number of benzene rings is 3. The second-order valence-corrected chi connectivity index (χ2v) is 9.39. The zero-order valence-corrected chi connectivity index (χ0v) is 20.7. The fourth-order valence-electron chi connectivity index (χ4n) is 5.34. The van der Waals surface area contributed by atoms with E-state index in [9.17, 15) is 14.7 Å². The number of hydrogen-bond acceptors (Lipinski definition) is 6. The van der Waals surface area contributed by atoms with Crippen LogP contribution in [0.2, 0.25) is 0 Å². The molecule has 0 bridgehead atoms. The molecule has 1 aromatic heterocycles. The van der Waals surface area contributed by atoms with Crippen molar-refractivity contribution in [1.29, 1.82) is 0 Å². The first-order chi connectivity index (χ1) is 18.5. The van der Waals surface area contributed by atoms with Crippen LogP contribution >= 0.6 is 0 Å². The smallest absolute Gasteiger partial charge is 0.294 e. The molecule has 1 fully saturated rings. The number of methoxy groups -OCH3 is 1. The lowest BCUT2D eigenvalue weighted by molar-refractivity contribution is -0.117. The van der Waals surface area contributed by atoms with E-state index in [4.69, 9.17) is 9.15 Å². The summed E-state index contributed by atoms with van der Waals surface area (Å²) in [6.45, 7) is 1.92. The molecule has 0 spiro atoms.